The Kier molecular flexibility index (Phi) is 5.09. The fourth-order valence-corrected chi connectivity index (χ4v) is 2.50. The van der Waals surface area contributed by atoms with Gasteiger partial charge >= 0.3 is 0 Å². The number of benzene rings is 2. The molecule has 6 nitrogen and oxygen atoms in total. The van der Waals surface area contributed by atoms with E-state index in [0.717, 1.165) is 0 Å². The molecule has 0 bridgehead atoms. The number of allylic oxidation sites excluding steroid dienone is 1. The largest absolute Gasteiger partial charge is 0.383 e. The van der Waals surface area contributed by atoms with E-state index < -0.39 is 5.82 Å². The van der Waals surface area contributed by atoms with Crippen LogP contribution in [0.4, 0.5) is 4.39 Å². The summed E-state index contributed by atoms with van der Waals surface area (Å²) in [6.45, 7) is 0. The molecule has 0 aliphatic rings. The molecule has 0 amide bonds. The molecule has 0 saturated heterocycles. The van der Waals surface area contributed by atoms with Crippen LogP contribution in [0.25, 0.3) is 11.3 Å². The molecule has 0 aliphatic carbocycles. The summed E-state index contributed by atoms with van der Waals surface area (Å²) < 4.78 is 15.0. The number of hydrogen-bond donors (Lipinski definition) is 0. The molecule has 0 spiro atoms. The molecule has 0 atom stereocenters. The van der Waals surface area contributed by atoms with Crippen LogP contribution >= 0.6 is 11.6 Å². The number of ketones is 1. The van der Waals surface area contributed by atoms with E-state index in [9.17, 15) is 9.18 Å². The fourth-order valence-electron chi connectivity index (χ4n) is 2.37. The molecule has 1 heterocycles. The highest BCUT2D eigenvalue weighted by Gasteiger charge is 2.22. The van der Waals surface area contributed by atoms with Gasteiger partial charge in [-0.2, -0.15) is 4.68 Å². The minimum Gasteiger partial charge on any atom is -0.383 e. The number of halogens is 2. The molecule has 132 valence electrons. The second-order valence-electron chi connectivity index (χ2n) is 5.74. The first kappa shape index (κ1) is 17.8. The molecule has 0 fully saturated rings. The van der Waals surface area contributed by atoms with Crippen LogP contribution in [-0.2, 0) is 0 Å². The highest BCUT2D eigenvalue weighted by Crippen LogP contribution is 2.22. The molecule has 26 heavy (non-hydrogen) atoms. The second-order valence-corrected chi connectivity index (χ2v) is 6.17. The maximum atomic E-state index is 13.5. The van der Waals surface area contributed by atoms with Crippen LogP contribution in [-0.4, -0.2) is 45.0 Å². The Labute approximate surface area is 154 Å². The van der Waals surface area contributed by atoms with Crippen LogP contribution in [0.2, 0.25) is 5.02 Å². The predicted molar refractivity (Wildman–Crippen MR) is 96.6 cm³/mol. The molecule has 3 aromatic rings. The van der Waals surface area contributed by atoms with Crippen molar-refractivity contribution < 1.29 is 9.18 Å². The first-order valence-electron chi connectivity index (χ1n) is 7.69. The van der Waals surface area contributed by atoms with Gasteiger partial charge in [0.2, 0.25) is 0 Å². The van der Waals surface area contributed by atoms with Gasteiger partial charge in [-0.25, -0.2) is 4.39 Å². The van der Waals surface area contributed by atoms with E-state index in [-0.39, 0.29) is 22.7 Å². The Morgan fingerprint density at radius 1 is 1.19 bits per heavy atom. The van der Waals surface area contributed by atoms with Crippen LogP contribution < -0.4 is 0 Å². The summed E-state index contributed by atoms with van der Waals surface area (Å²) in [5, 5.41) is 12.2. The predicted octanol–water partition coefficient (Wildman–Crippen LogP) is 3.24. The monoisotopic (exact) mass is 371 g/mol. The van der Waals surface area contributed by atoms with Crippen molar-refractivity contribution in [1.29, 1.82) is 0 Å². The molecule has 2 aromatic carbocycles. The number of carbonyl (C=O) groups is 1. The van der Waals surface area contributed by atoms with Crippen molar-refractivity contribution in [3.8, 4) is 5.69 Å². The van der Waals surface area contributed by atoms with E-state index in [1.54, 1.807) is 55.5 Å². The maximum absolute atomic E-state index is 13.5. The lowest BCUT2D eigenvalue weighted by atomic mass is 10.0. The van der Waals surface area contributed by atoms with Crippen molar-refractivity contribution in [3.05, 3.63) is 77.0 Å². The van der Waals surface area contributed by atoms with Gasteiger partial charge in [-0.3, -0.25) is 4.79 Å². The molecule has 3 rings (SSSR count). The third-order valence-electron chi connectivity index (χ3n) is 3.50. The van der Waals surface area contributed by atoms with Gasteiger partial charge in [-0.15, -0.1) is 5.10 Å². The topological polar surface area (TPSA) is 63.9 Å². The van der Waals surface area contributed by atoms with Gasteiger partial charge in [-0.1, -0.05) is 23.7 Å². The third-order valence-corrected chi connectivity index (χ3v) is 3.75. The number of tetrazole rings is 1. The van der Waals surface area contributed by atoms with E-state index in [1.807, 2.05) is 0 Å². The summed E-state index contributed by atoms with van der Waals surface area (Å²) in [6.07, 6.45) is 1.60. The number of carbonyl (C=O) groups excluding carboxylic acids is 1. The zero-order valence-corrected chi connectivity index (χ0v) is 14.9. The summed E-state index contributed by atoms with van der Waals surface area (Å²) in [4.78, 5) is 14.7. The summed E-state index contributed by atoms with van der Waals surface area (Å²) in [5.41, 5.74) is 1.09. The molecule has 0 radical (unpaired) electrons. The molecule has 0 N–H and O–H groups in total. The smallest absolute Gasteiger partial charge is 0.198 e. The van der Waals surface area contributed by atoms with E-state index in [2.05, 4.69) is 15.5 Å². The SMILES string of the molecule is CN(C)/C=C(/C(=O)c1cccc(F)c1)c1nnnn1-c1ccc(Cl)cc1. The van der Waals surface area contributed by atoms with Crippen molar-refractivity contribution in [2.45, 2.75) is 0 Å². The van der Waals surface area contributed by atoms with Gasteiger partial charge in [0.1, 0.15) is 5.82 Å². The highest BCUT2D eigenvalue weighted by atomic mass is 35.5. The average molecular weight is 372 g/mol. The Morgan fingerprint density at radius 3 is 2.58 bits per heavy atom. The zero-order valence-electron chi connectivity index (χ0n) is 14.1. The van der Waals surface area contributed by atoms with Gasteiger partial charge in [0.15, 0.2) is 11.6 Å². The summed E-state index contributed by atoms with van der Waals surface area (Å²) in [5.74, 6) is -0.629. The van der Waals surface area contributed by atoms with Crippen LogP contribution in [0.5, 0.6) is 0 Å². The van der Waals surface area contributed by atoms with E-state index in [0.29, 0.717) is 10.7 Å². The van der Waals surface area contributed by atoms with Crippen LogP contribution in [0, 0.1) is 5.82 Å². The van der Waals surface area contributed by atoms with Crippen molar-refractivity contribution in [3.63, 3.8) is 0 Å². The standard InChI is InChI=1S/C18H15ClFN5O/c1-24(2)11-16(17(26)12-4-3-5-14(20)10-12)18-21-22-23-25(18)15-8-6-13(19)7-9-15/h3-11H,1-2H3/b16-11-. The number of Topliss-reactive ketones (excluding diaryl/α,β-unsaturated/α-hetero) is 1. The molecule has 0 aliphatic heterocycles. The normalized spacial score (nSPS) is 11.5. The van der Waals surface area contributed by atoms with Crippen LogP contribution in [0.15, 0.2) is 54.7 Å². The lowest BCUT2D eigenvalue weighted by Gasteiger charge is -2.12. The Morgan fingerprint density at radius 2 is 1.92 bits per heavy atom. The Hall–Kier alpha value is -3.06. The number of aromatic nitrogens is 4. The highest BCUT2D eigenvalue weighted by molar-refractivity contribution is 6.30. The summed E-state index contributed by atoms with van der Waals surface area (Å²) >= 11 is 5.92. The summed E-state index contributed by atoms with van der Waals surface area (Å²) in [6, 6.07) is 12.4. The number of nitrogens with zero attached hydrogens (tertiary/aromatic N) is 5. The average Bonchev–Trinajstić information content (AvgIpc) is 3.09. The van der Waals surface area contributed by atoms with E-state index in [4.69, 9.17) is 11.6 Å². The Balaban J connectivity index is 2.09. The molecular weight excluding hydrogens is 357 g/mol. The maximum Gasteiger partial charge on any atom is 0.198 e. The van der Waals surface area contributed by atoms with E-state index >= 15 is 0 Å². The van der Waals surface area contributed by atoms with Gasteiger partial charge in [0.25, 0.3) is 0 Å². The fraction of sp³-hybridized carbons (Fsp3) is 0.111. The van der Waals surface area contributed by atoms with Crippen molar-refractivity contribution in [1.82, 2.24) is 25.1 Å². The van der Waals surface area contributed by atoms with Gasteiger partial charge in [0.05, 0.1) is 11.3 Å². The van der Waals surface area contributed by atoms with Crippen molar-refractivity contribution in [2.24, 2.45) is 0 Å². The minimum absolute atomic E-state index is 0.212. The van der Waals surface area contributed by atoms with Crippen LogP contribution in [0.3, 0.4) is 0 Å². The third kappa shape index (κ3) is 3.78. The van der Waals surface area contributed by atoms with Gasteiger partial charge in [0, 0.05) is 30.9 Å². The first-order chi connectivity index (χ1) is 12.5. The second kappa shape index (κ2) is 7.45. The quantitative estimate of drug-likeness (QED) is 0.509. The molecule has 0 saturated carbocycles. The summed E-state index contributed by atoms with van der Waals surface area (Å²) in [7, 11) is 3.55. The molecular formula is C18H15ClFN5O. The molecule has 8 heteroatoms. The molecule has 0 unspecified atom stereocenters. The zero-order chi connectivity index (χ0) is 18.7. The van der Waals surface area contributed by atoms with Crippen molar-refractivity contribution in [2.75, 3.05) is 14.1 Å². The van der Waals surface area contributed by atoms with E-state index in [1.165, 1.54) is 22.9 Å². The lowest BCUT2D eigenvalue weighted by Crippen LogP contribution is -2.13. The first-order valence-corrected chi connectivity index (χ1v) is 8.06. The van der Waals surface area contributed by atoms with Gasteiger partial charge in [-0.05, 0) is 46.8 Å². The Bertz CT molecular complexity index is 966. The van der Waals surface area contributed by atoms with Gasteiger partial charge < -0.3 is 4.90 Å². The minimum atomic E-state index is -0.489. The molecule has 1 aromatic heterocycles. The number of hydrogen-bond acceptors (Lipinski definition) is 5. The van der Waals surface area contributed by atoms with Crippen molar-refractivity contribution >= 4 is 23.0 Å². The van der Waals surface area contributed by atoms with Crippen LogP contribution in [0.1, 0.15) is 16.2 Å². The lowest BCUT2D eigenvalue weighted by molar-refractivity contribution is 0.105. The number of rotatable bonds is 5.